The van der Waals surface area contributed by atoms with E-state index < -0.39 is 0 Å². The molecule has 1 aromatic rings. The molecule has 1 aliphatic carbocycles. The third-order valence-electron chi connectivity index (χ3n) is 3.96. The van der Waals surface area contributed by atoms with Gasteiger partial charge in [0.1, 0.15) is 17.1 Å². The van der Waals surface area contributed by atoms with Crippen molar-refractivity contribution in [3.8, 4) is 5.75 Å². The Balaban J connectivity index is 1.91. The fourth-order valence-corrected chi connectivity index (χ4v) is 3.46. The van der Waals surface area contributed by atoms with E-state index >= 15 is 0 Å². The number of rotatable bonds is 2. The topological polar surface area (TPSA) is 36.5 Å². The standard InChI is InChI=1S/C14H18ClN3OS/c1-19-12-6-5-10(15)9-11(12)18-13(20)16-14(17-18)7-3-2-4-8-14/h5-6,9,17H,2-4,7-8H2,1H3,(H,16,20). The van der Waals surface area contributed by atoms with Gasteiger partial charge in [0.25, 0.3) is 0 Å². The van der Waals surface area contributed by atoms with E-state index in [4.69, 9.17) is 28.6 Å². The average molecular weight is 312 g/mol. The summed E-state index contributed by atoms with van der Waals surface area (Å²) in [5, 5.41) is 6.65. The number of anilines is 1. The van der Waals surface area contributed by atoms with Crippen LogP contribution in [0.4, 0.5) is 5.69 Å². The lowest BCUT2D eigenvalue weighted by Gasteiger charge is -2.33. The van der Waals surface area contributed by atoms with Crippen LogP contribution in [0.5, 0.6) is 5.75 Å². The van der Waals surface area contributed by atoms with Gasteiger partial charge in [0.05, 0.1) is 7.11 Å². The Hall–Kier alpha value is -1.04. The molecule has 1 aromatic carbocycles. The van der Waals surface area contributed by atoms with E-state index in [0.717, 1.165) is 24.3 Å². The van der Waals surface area contributed by atoms with Gasteiger partial charge in [-0.1, -0.05) is 18.0 Å². The molecule has 0 radical (unpaired) electrons. The summed E-state index contributed by atoms with van der Waals surface area (Å²) in [5.74, 6) is 0.749. The second-order valence-corrected chi connectivity index (χ2v) is 6.16. The first-order chi connectivity index (χ1) is 9.63. The van der Waals surface area contributed by atoms with Gasteiger partial charge in [0, 0.05) is 5.02 Å². The second kappa shape index (κ2) is 5.39. The number of benzene rings is 1. The van der Waals surface area contributed by atoms with Gasteiger partial charge in [-0.15, -0.1) is 0 Å². The van der Waals surface area contributed by atoms with E-state index in [1.54, 1.807) is 7.11 Å². The molecular weight excluding hydrogens is 294 g/mol. The summed E-state index contributed by atoms with van der Waals surface area (Å²) < 4.78 is 5.41. The van der Waals surface area contributed by atoms with Crippen molar-refractivity contribution in [3.05, 3.63) is 23.2 Å². The lowest BCUT2D eigenvalue weighted by atomic mass is 9.90. The van der Waals surface area contributed by atoms with Crippen molar-refractivity contribution in [2.24, 2.45) is 0 Å². The first-order valence-electron chi connectivity index (χ1n) is 6.87. The van der Waals surface area contributed by atoms with E-state index in [9.17, 15) is 0 Å². The Morgan fingerprint density at radius 2 is 2.05 bits per heavy atom. The molecule has 1 aliphatic heterocycles. The van der Waals surface area contributed by atoms with Crippen LogP contribution in [0.1, 0.15) is 32.1 Å². The van der Waals surface area contributed by atoms with E-state index in [0.29, 0.717) is 10.1 Å². The molecule has 4 nitrogen and oxygen atoms in total. The number of methoxy groups -OCH3 is 1. The highest BCUT2D eigenvalue weighted by Gasteiger charge is 2.41. The minimum atomic E-state index is -0.108. The molecule has 1 spiro atoms. The minimum Gasteiger partial charge on any atom is -0.495 e. The van der Waals surface area contributed by atoms with E-state index in [-0.39, 0.29) is 5.66 Å². The van der Waals surface area contributed by atoms with E-state index in [1.165, 1.54) is 19.3 Å². The predicted octanol–water partition coefficient (Wildman–Crippen LogP) is 3.21. The van der Waals surface area contributed by atoms with Crippen LogP contribution in [0.2, 0.25) is 5.02 Å². The SMILES string of the molecule is COc1ccc(Cl)cc1N1NC2(CCCCC2)NC1=S. The molecule has 1 heterocycles. The summed E-state index contributed by atoms with van der Waals surface area (Å²) in [6.07, 6.45) is 5.86. The van der Waals surface area contributed by atoms with Crippen LogP contribution in [-0.2, 0) is 0 Å². The molecule has 1 saturated carbocycles. The van der Waals surface area contributed by atoms with Crippen molar-refractivity contribution in [1.29, 1.82) is 0 Å². The Morgan fingerprint density at radius 3 is 2.75 bits per heavy atom. The smallest absolute Gasteiger partial charge is 0.189 e. The van der Waals surface area contributed by atoms with Crippen LogP contribution >= 0.6 is 23.8 Å². The number of nitrogens with one attached hydrogen (secondary N) is 2. The zero-order valence-corrected chi connectivity index (χ0v) is 13.0. The predicted molar refractivity (Wildman–Crippen MR) is 85.2 cm³/mol. The highest BCUT2D eigenvalue weighted by molar-refractivity contribution is 7.80. The van der Waals surface area contributed by atoms with Crippen molar-refractivity contribution < 1.29 is 4.74 Å². The third kappa shape index (κ3) is 2.45. The van der Waals surface area contributed by atoms with Crippen LogP contribution < -0.4 is 20.5 Å². The highest BCUT2D eigenvalue weighted by Crippen LogP contribution is 2.36. The van der Waals surface area contributed by atoms with Crippen molar-refractivity contribution >= 4 is 34.6 Å². The Bertz CT molecular complexity index is 531. The summed E-state index contributed by atoms with van der Waals surface area (Å²) in [6.45, 7) is 0. The quantitative estimate of drug-likeness (QED) is 0.820. The number of nitrogens with zero attached hydrogens (tertiary/aromatic N) is 1. The number of hydrazine groups is 1. The fourth-order valence-electron chi connectivity index (χ4n) is 2.95. The maximum atomic E-state index is 6.10. The van der Waals surface area contributed by atoms with Gasteiger partial charge in [0.2, 0.25) is 0 Å². The van der Waals surface area contributed by atoms with Crippen LogP contribution in [0.15, 0.2) is 18.2 Å². The van der Waals surface area contributed by atoms with Crippen LogP contribution in [0.3, 0.4) is 0 Å². The van der Waals surface area contributed by atoms with Gasteiger partial charge in [-0.2, -0.15) is 0 Å². The fraction of sp³-hybridized carbons (Fsp3) is 0.500. The number of halogens is 1. The normalized spacial score (nSPS) is 21.1. The maximum absolute atomic E-state index is 6.10. The van der Waals surface area contributed by atoms with Gasteiger partial charge >= 0.3 is 0 Å². The van der Waals surface area contributed by atoms with Crippen molar-refractivity contribution in [2.45, 2.75) is 37.8 Å². The van der Waals surface area contributed by atoms with Gasteiger partial charge in [-0.05, 0) is 56.1 Å². The van der Waals surface area contributed by atoms with E-state index in [2.05, 4.69) is 10.7 Å². The van der Waals surface area contributed by atoms with Gasteiger partial charge < -0.3 is 10.1 Å². The molecule has 0 aromatic heterocycles. The highest BCUT2D eigenvalue weighted by atomic mass is 35.5. The molecule has 3 rings (SSSR count). The molecular formula is C14H18ClN3OS. The largest absolute Gasteiger partial charge is 0.495 e. The maximum Gasteiger partial charge on any atom is 0.189 e. The summed E-state index contributed by atoms with van der Waals surface area (Å²) in [5.41, 5.74) is 4.26. The zero-order chi connectivity index (χ0) is 14.2. The summed E-state index contributed by atoms with van der Waals surface area (Å²) in [6, 6.07) is 5.53. The molecule has 108 valence electrons. The third-order valence-corrected chi connectivity index (χ3v) is 4.48. The van der Waals surface area contributed by atoms with Gasteiger partial charge in [0.15, 0.2) is 5.11 Å². The molecule has 1 saturated heterocycles. The summed E-state index contributed by atoms with van der Waals surface area (Å²) >= 11 is 11.6. The molecule has 20 heavy (non-hydrogen) atoms. The average Bonchev–Trinajstić information content (AvgIpc) is 2.76. The molecule has 0 bridgehead atoms. The van der Waals surface area contributed by atoms with Crippen molar-refractivity contribution in [1.82, 2.24) is 10.7 Å². The van der Waals surface area contributed by atoms with Crippen molar-refractivity contribution in [3.63, 3.8) is 0 Å². The molecule has 0 unspecified atom stereocenters. The monoisotopic (exact) mass is 311 g/mol. The lowest BCUT2D eigenvalue weighted by molar-refractivity contribution is 0.238. The van der Waals surface area contributed by atoms with Crippen LogP contribution in [0, 0.1) is 0 Å². The molecule has 2 aliphatic rings. The van der Waals surface area contributed by atoms with Gasteiger partial charge in [-0.3, -0.25) is 0 Å². The Kier molecular flexibility index (Phi) is 3.75. The molecule has 2 fully saturated rings. The van der Waals surface area contributed by atoms with Crippen molar-refractivity contribution in [2.75, 3.05) is 12.1 Å². The number of ether oxygens (including phenoxy) is 1. The Morgan fingerprint density at radius 1 is 1.30 bits per heavy atom. The number of thiocarbonyl (C=S) groups is 1. The lowest BCUT2D eigenvalue weighted by Crippen LogP contribution is -2.52. The van der Waals surface area contributed by atoms with Crippen LogP contribution in [0.25, 0.3) is 0 Å². The number of hydrogen-bond donors (Lipinski definition) is 2. The van der Waals surface area contributed by atoms with Gasteiger partial charge in [-0.25, -0.2) is 10.4 Å². The molecule has 0 amide bonds. The second-order valence-electron chi connectivity index (χ2n) is 5.34. The summed E-state index contributed by atoms with van der Waals surface area (Å²) in [7, 11) is 1.65. The Labute approximate surface area is 129 Å². The first-order valence-corrected chi connectivity index (χ1v) is 7.66. The minimum absolute atomic E-state index is 0.108. The van der Waals surface area contributed by atoms with E-state index in [1.807, 2.05) is 23.2 Å². The first kappa shape index (κ1) is 13.9. The number of hydrogen-bond acceptors (Lipinski definition) is 3. The zero-order valence-electron chi connectivity index (χ0n) is 11.4. The summed E-state index contributed by atoms with van der Waals surface area (Å²) in [4.78, 5) is 0. The molecule has 2 N–H and O–H groups in total. The van der Waals surface area contributed by atoms with Crippen LogP contribution in [-0.4, -0.2) is 17.9 Å². The molecule has 6 heteroatoms. The molecule has 0 atom stereocenters.